The van der Waals surface area contributed by atoms with Gasteiger partial charge in [0.25, 0.3) is 0 Å². The van der Waals surface area contributed by atoms with Crippen LogP contribution in [0.25, 0.3) is 5.57 Å². The lowest BCUT2D eigenvalue weighted by atomic mass is 10.0. The van der Waals surface area contributed by atoms with Crippen LogP contribution in [0.4, 0.5) is 5.69 Å². The van der Waals surface area contributed by atoms with E-state index in [-0.39, 0.29) is 0 Å². The van der Waals surface area contributed by atoms with Crippen molar-refractivity contribution in [2.75, 3.05) is 18.8 Å². The Hall–Kier alpha value is -2.21. The van der Waals surface area contributed by atoms with Crippen LogP contribution in [0.15, 0.2) is 23.5 Å². The molecular formula is C19H28N6. The van der Waals surface area contributed by atoms with E-state index in [9.17, 15) is 0 Å². The molecule has 25 heavy (non-hydrogen) atoms. The minimum Gasteiger partial charge on any atom is -0.404 e. The molecule has 1 aliphatic heterocycles. The highest BCUT2D eigenvalue weighted by atomic mass is 15.2. The third-order valence-corrected chi connectivity index (χ3v) is 5.36. The van der Waals surface area contributed by atoms with Crippen LogP contribution in [0.2, 0.25) is 0 Å². The number of anilines is 1. The number of nitrogens with two attached hydrogens (primary N) is 2. The van der Waals surface area contributed by atoms with Crippen molar-refractivity contribution < 1.29 is 0 Å². The fourth-order valence-corrected chi connectivity index (χ4v) is 3.84. The van der Waals surface area contributed by atoms with E-state index in [0.29, 0.717) is 17.4 Å². The van der Waals surface area contributed by atoms with E-state index in [1.807, 2.05) is 6.21 Å². The summed E-state index contributed by atoms with van der Waals surface area (Å²) in [6, 6.07) is 2.96. The summed E-state index contributed by atoms with van der Waals surface area (Å²) in [7, 11) is 0. The Morgan fingerprint density at radius 2 is 1.96 bits per heavy atom. The molecule has 0 radical (unpaired) electrons. The van der Waals surface area contributed by atoms with Crippen LogP contribution < -0.4 is 11.5 Å². The first-order chi connectivity index (χ1) is 12.2. The van der Waals surface area contributed by atoms with Gasteiger partial charge in [-0.2, -0.15) is 0 Å². The summed E-state index contributed by atoms with van der Waals surface area (Å²) < 4.78 is 0. The number of piperidine rings is 1. The number of hydrogen-bond donors (Lipinski definition) is 3. The minimum atomic E-state index is 0.360. The molecule has 0 amide bonds. The molecule has 0 aromatic carbocycles. The zero-order valence-corrected chi connectivity index (χ0v) is 14.7. The second kappa shape index (κ2) is 8.25. The summed E-state index contributed by atoms with van der Waals surface area (Å²) in [5, 5.41) is 7.26. The standard InChI is InChI=1S/C19H28N6/c20-10-15(14-9-18(22)19(11-21)24-12-14)13-23-16-5-7-25(8-6-16)17-3-1-2-4-17/h9-13,16-17,21H,1-8,20,22H2. The topological polar surface area (TPSA) is 104 Å². The number of allylic oxidation sites excluding steroid dienone is 1. The third kappa shape index (κ3) is 4.25. The highest BCUT2D eigenvalue weighted by molar-refractivity contribution is 6.10. The highest BCUT2D eigenvalue weighted by Crippen LogP contribution is 2.27. The molecule has 1 aromatic rings. The maximum atomic E-state index is 7.26. The van der Waals surface area contributed by atoms with E-state index in [2.05, 4.69) is 9.88 Å². The number of aliphatic imine (C=N–C) groups is 1. The zero-order valence-electron chi connectivity index (χ0n) is 14.7. The fourth-order valence-electron chi connectivity index (χ4n) is 3.84. The summed E-state index contributed by atoms with van der Waals surface area (Å²) in [4.78, 5) is 11.6. The first-order valence-electron chi connectivity index (χ1n) is 9.16. The number of nitrogens with zero attached hydrogens (tertiary/aromatic N) is 3. The Balaban J connectivity index is 1.59. The number of aromatic nitrogens is 1. The van der Waals surface area contributed by atoms with Gasteiger partial charge in [0.1, 0.15) is 5.69 Å². The highest BCUT2D eigenvalue weighted by Gasteiger charge is 2.26. The van der Waals surface area contributed by atoms with Crippen LogP contribution in [0.3, 0.4) is 0 Å². The van der Waals surface area contributed by atoms with Crippen molar-refractivity contribution in [1.82, 2.24) is 9.88 Å². The monoisotopic (exact) mass is 340 g/mol. The summed E-state index contributed by atoms with van der Waals surface area (Å²) in [5.74, 6) is 0. The van der Waals surface area contributed by atoms with Crippen LogP contribution >= 0.6 is 0 Å². The Kier molecular flexibility index (Phi) is 5.81. The Morgan fingerprint density at radius 1 is 1.24 bits per heavy atom. The predicted octanol–water partition coefficient (Wildman–Crippen LogP) is 2.44. The molecule has 1 aromatic heterocycles. The maximum Gasteiger partial charge on any atom is 0.103 e. The second-order valence-corrected chi connectivity index (χ2v) is 6.95. The summed E-state index contributed by atoms with van der Waals surface area (Å²) >= 11 is 0. The van der Waals surface area contributed by atoms with E-state index in [4.69, 9.17) is 21.9 Å². The fraction of sp³-hybridized carbons (Fsp3) is 0.526. The number of nitrogens with one attached hydrogen (secondary N) is 1. The van der Waals surface area contributed by atoms with E-state index in [1.165, 1.54) is 31.9 Å². The van der Waals surface area contributed by atoms with Crippen LogP contribution in [0, 0.1) is 5.41 Å². The lowest BCUT2D eigenvalue weighted by Gasteiger charge is -2.34. The summed E-state index contributed by atoms with van der Waals surface area (Å²) in [6.07, 6.45) is 14.0. The molecule has 1 saturated heterocycles. The first kappa shape index (κ1) is 17.6. The van der Waals surface area contributed by atoms with Gasteiger partial charge < -0.3 is 21.8 Å². The summed E-state index contributed by atoms with van der Waals surface area (Å²) in [5.41, 5.74) is 14.3. The van der Waals surface area contributed by atoms with Crippen LogP contribution in [-0.2, 0) is 0 Å². The van der Waals surface area contributed by atoms with Gasteiger partial charge in [-0.05, 0) is 31.7 Å². The molecule has 6 heteroatoms. The maximum absolute atomic E-state index is 7.26. The lowest BCUT2D eigenvalue weighted by molar-refractivity contribution is 0.155. The van der Waals surface area contributed by atoms with Crippen molar-refractivity contribution in [2.24, 2.45) is 10.7 Å². The van der Waals surface area contributed by atoms with E-state index >= 15 is 0 Å². The van der Waals surface area contributed by atoms with Gasteiger partial charge in [0.05, 0.1) is 11.7 Å². The number of likely N-dealkylation sites (tertiary alicyclic amines) is 1. The molecule has 2 aliphatic rings. The van der Waals surface area contributed by atoms with E-state index in [0.717, 1.165) is 49.3 Å². The van der Waals surface area contributed by atoms with Gasteiger partial charge >= 0.3 is 0 Å². The quantitative estimate of drug-likeness (QED) is 0.716. The first-order valence-corrected chi connectivity index (χ1v) is 9.16. The average molecular weight is 340 g/mol. The van der Waals surface area contributed by atoms with Crippen molar-refractivity contribution in [3.8, 4) is 0 Å². The van der Waals surface area contributed by atoms with Gasteiger partial charge in [-0.1, -0.05) is 12.8 Å². The zero-order chi connectivity index (χ0) is 17.6. The summed E-state index contributed by atoms with van der Waals surface area (Å²) in [6.45, 7) is 2.30. The van der Waals surface area contributed by atoms with Gasteiger partial charge in [0, 0.05) is 55.1 Å². The molecule has 5 N–H and O–H groups in total. The number of pyridine rings is 1. The van der Waals surface area contributed by atoms with Crippen molar-refractivity contribution in [2.45, 2.75) is 50.6 Å². The van der Waals surface area contributed by atoms with Gasteiger partial charge in [-0.25, -0.2) is 0 Å². The molecule has 2 fully saturated rings. The SMILES string of the molecule is N=Cc1ncc(C(C=NC2CCN(C3CCCC3)CC2)=CN)cc1N. The number of hydrogen-bond acceptors (Lipinski definition) is 6. The number of rotatable bonds is 5. The van der Waals surface area contributed by atoms with Gasteiger partial charge in [-0.15, -0.1) is 0 Å². The molecule has 6 nitrogen and oxygen atoms in total. The molecule has 1 aliphatic carbocycles. The van der Waals surface area contributed by atoms with Gasteiger partial charge in [0.15, 0.2) is 0 Å². The molecule has 1 saturated carbocycles. The normalized spacial score (nSPS) is 21.2. The van der Waals surface area contributed by atoms with E-state index in [1.54, 1.807) is 12.3 Å². The van der Waals surface area contributed by atoms with Crippen molar-refractivity contribution >= 4 is 23.7 Å². The second-order valence-electron chi connectivity index (χ2n) is 6.95. The average Bonchev–Trinajstić information content (AvgIpc) is 3.17. The van der Waals surface area contributed by atoms with Crippen molar-refractivity contribution in [1.29, 1.82) is 5.41 Å². The van der Waals surface area contributed by atoms with Crippen LogP contribution in [0.1, 0.15) is 49.8 Å². The largest absolute Gasteiger partial charge is 0.404 e. The van der Waals surface area contributed by atoms with E-state index < -0.39 is 0 Å². The predicted molar refractivity (Wildman–Crippen MR) is 104 cm³/mol. The van der Waals surface area contributed by atoms with Crippen LogP contribution in [0.5, 0.6) is 0 Å². The Bertz CT molecular complexity index is 652. The molecule has 0 atom stereocenters. The third-order valence-electron chi connectivity index (χ3n) is 5.36. The lowest BCUT2D eigenvalue weighted by Crippen LogP contribution is -2.41. The molecule has 134 valence electrons. The Morgan fingerprint density at radius 3 is 2.56 bits per heavy atom. The van der Waals surface area contributed by atoms with Gasteiger partial charge in [0.2, 0.25) is 0 Å². The molecule has 0 unspecified atom stereocenters. The molecule has 0 spiro atoms. The molecule has 0 bridgehead atoms. The molecule has 2 heterocycles. The van der Waals surface area contributed by atoms with Crippen molar-refractivity contribution in [3.05, 3.63) is 29.7 Å². The van der Waals surface area contributed by atoms with Crippen molar-refractivity contribution in [3.63, 3.8) is 0 Å². The van der Waals surface area contributed by atoms with Crippen LogP contribution in [-0.4, -0.2) is 47.5 Å². The smallest absolute Gasteiger partial charge is 0.103 e. The van der Waals surface area contributed by atoms with Gasteiger partial charge in [-0.3, -0.25) is 9.98 Å². The number of nitrogen functional groups attached to an aromatic ring is 1. The molecular weight excluding hydrogens is 312 g/mol. The minimum absolute atomic E-state index is 0.360. The Labute approximate surface area is 149 Å². The molecule has 3 rings (SSSR count).